The Morgan fingerprint density at radius 1 is 1.25 bits per heavy atom. The van der Waals surface area contributed by atoms with E-state index in [1.165, 1.54) is 12.1 Å². The summed E-state index contributed by atoms with van der Waals surface area (Å²) in [7, 11) is 0. The van der Waals surface area contributed by atoms with Crippen LogP contribution in [0.1, 0.15) is 11.1 Å². The third kappa shape index (κ3) is 4.17. The Labute approximate surface area is 124 Å². The standard InChI is InChI=1S/C14H11BrN2O3/c15-13-5-1-3-11(7-13)9-16-20-10-12-4-2-6-14(8-12)17(18)19/h1-9H,10H2/b16-9-. The highest BCUT2D eigenvalue weighted by atomic mass is 79.9. The molecular formula is C14H11BrN2O3. The van der Waals surface area contributed by atoms with Crippen LogP contribution in [0.25, 0.3) is 0 Å². The van der Waals surface area contributed by atoms with Crippen LogP contribution in [0, 0.1) is 10.1 Å². The lowest BCUT2D eigenvalue weighted by Gasteiger charge is -2.00. The highest BCUT2D eigenvalue weighted by molar-refractivity contribution is 9.10. The average molecular weight is 335 g/mol. The Hall–Kier alpha value is -2.21. The average Bonchev–Trinajstić information content (AvgIpc) is 2.44. The minimum atomic E-state index is -0.436. The van der Waals surface area contributed by atoms with Crippen LogP contribution in [0.5, 0.6) is 0 Å². The van der Waals surface area contributed by atoms with Crippen molar-refractivity contribution in [2.75, 3.05) is 0 Å². The summed E-state index contributed by atoms with van der Waals surface area (Å²) in [6.07, 6.45) is 1.59. The van der Waals surface area contributed by atoms with Gasteiger partial charge in [-0.3, -0.25) is 10.1 Å². The predicted molar refractivity (Wildman–Crippen MR) is 79.6 cm³/mol. The van der Waals surface area contributed by atoms with Crippen molar-refractivity contribution in [2.45, 2.75) is 6.61 Å². The first kappa shape index (κ1) is 14.2. The lowest BCUT2D eigenvalue weighted by molar-refractivity contribution is -0.384. The number of benzene rings is 2. The fraction of sp³-hybridized carbons (Fsp3) is 0.0714. The van der Waals surface area contributed by atoms with Crippen LogP contribution in [0.15, 0.2) is 58.2 Å². The van der Waals surface area contributed by atoms with Gasteiger partial charge in [0, 0.05) is 16.6 Å². The first-order valence-electron chi connectivity index (χ1n) is 5.79. The van der Waals surface area contributed by atoms with Crippen LogP contribution in [0.4, 0.5) is 5.69 Å². The smallest absolute Gasteiger partial charge is 0.269 e. The molecule has 2 rings (SSSR count). The van der Waals surface area contributed by atoms with Gasteiger partial charge in [0.15, 0.2) is 0 Å². The maximum atomic E-state index is 10.6. The molecule has 0 aromatic heterocycles. The molecule has 0 unspecified atom stereocenters. The Morgan fingerprint density at radius 3 is 2.80 bits per heavy atom. The molecule has 0 radical (unpaired) electrons. The zero-order chi connectivity index (χ0) is 14.4. The zero-order valence-electron chi connectivity index (χ0n) is 10.4. The van der Waals surface area contributed by atoms with E-state index < -0.39 is 4.92 Å². The van der Waals surface area contributed by atoms with E-state index in [9.17, 15) is 10.1 Å². The maximum Gasteiger partial charge on any atom is 0.269 e. The number of non-ortho nitro benzene ring substituents is 1. The third-order valence-electron chi connectivity index (χ3n) is 2.48. The monoisotopic (exact) mass is 334 g/mol. The summed E-state index contributed by atoms with van der Waals surface area (Å²) in [5, 5.41) is 14.5. The molecule has 0 heterocycles. The van der Waals surface area contributed by atoms with Gasteiger partial charge >= 0.3 is 0 Å². The van der Waals surface area contributed by atoms with Gasteiger partial charge in [0.1, 0.15) is 6.61 Å². The zero-order valence-corrected chi connectivity index (χ0v) is 12.0. The Morgan fingerprint density at radius 2 is 2.05 bits per heavy atom. The van der Waals surface area contributed by atoms with Gasteiger partial charge in [0.25, 0.3) is 5.69 Å². The van der Waals surface area contributed by atoms with E-state index >= 15 is 0 Å². The molecule has 6 heteroatoms. The number of nitro benzene ring substituents is 1. The predicted octanol–water partition coefficient (Wildman–Crippen LogP) is 3.91. The summed E-state index contributed by atoms with van der Waals surface area (Å²) < 4.78 is 0.958. The van der Waals surface area contributed by atoms with E-state index in [0.717, 1.165) is 10.0 Å². The normalized spacial score (nSPS) is 10.7. The molecule has 0 spiro atoms. The summed E-state index contributed by atoms with van der Waals surface area (Å²) in [6.45, 7) is 0.187. The van der Waals surface area contributed by atoms with Crippen molar-refractivity contribution >= 4 is 27.8 Å². The number of rotatable bonds is 5. The molecule has 0 fully saturated rings. The molecule has 0 aliphatic rings. The van der Waals surface area contributed by atoms with E-state index in [1.807, 2.05) is 24.3 Å². The van der Waals surface area contributed by atoms with Crippen molar-refractivity contribution in [3.05, 3.63) is 74.2 Å². The molecule has 0 aliphatic carbocycles. The van der Waals surface area contributed by atoms with Crippen LogP contribution in [0.3, 0.4) is 0 Å². The number of halogens is 1. The van der Waals surface area contributed by atoms with Crippen LogP contribution >= 0.6 is 15.9 Å². The molecule has 102 valence electrons. The van der Waals surface area contributed by atoms with E-state index in [0.29, 0.717) is 5.56 Å². The van der Waals surface area contributed by atoms with E-state index in [4.69, 9.17) is 4.84 Å². The summed E-state index contributed by atoms with van der Waals surface area (Å²) in [6, 6.07) is 13.9. The minimum absolute atomic E-state index is 0.0436. The van der Waals surface area contributed by atoms with Gasteiger partial charge < -0.3 is 4.84 Å². The second-order valence-electron chi connectivity index (χ2n) is 3.99. The largest absolute Gasteiger partial charge is 0.391 e. The van der Waals surface area contributed by atoms with E-state index in [2.05, 4.69) is 21.1 Å². The van der Waals surface area contributed by atoms with Gasteiger partial charge in [-0.05, 0) is 23.3 Å². The van der Waals surface area contributed by atoms with Crippen molar-refractivity contribution in [2.24, 2.45) is 5.16 Å². The molecule has 0 saturated carbocycles. The molecule has 0 bridgehead atoms. The lowest BCUT2D eigenvalue weighted by Crippen LogP contribution is -1.92. The molecule has 0 amide bonds. The Bertz CT molecular complexity index is 644. The lowest BCUT2D eigenvalue weighted by atomic mass is 10.2. The first-order valence-corrected chi connectivity index (χ1v) is 6.59. The summed E-state index contributed by atoms with van der Waals surface area (Å²) in [4.78, 5) is 15.3. The second kappa shape index (κ2) is 6.81. The van der Waals surface area contributed by atoms with Gasteiger partial charge in [0.2, 0.25) is 0 Å². The third-order valence-corrected chi connectivity index (χ3v) is 2.97. The molecule has 2 aromatic rings. The number of hydrogen-bond acceptors (Lipinski definition) is 4. The Kier molecular flexibility index (Phi) is 4.84. The van der Waals surface area contributed by atoms with Crippen molar-refractivity contribution < 1.29 is 9.76 Å². The molecule has 2 aromatic carbocycles. The fourth-order valence-corrected chi connectivity index (χ4v) is 1.97. The topological polar surface area (TPSA) is 64.7 Å². The molecular weight excluding hydrogens is 324 g/mol. The molecule has 0 atom stereocenters. The molecule has 0 N–H and O–H groups in total. The molecule has 0 saturated heterocycles. The van der Waals surface area contributed by atoms with Gasteiger partial charge in [-0.15, -0.1) is 0 Å². The SMILES string of the molecule is O=[N+]([O-])c1cccc(CO/N=C\c2cccc(Br)c2)c1. The first-order chi connectivity index (χ1) is 9.65. The second-order valence-corrected chi connectivity index (χ2v) is 4.91. The summed E-state index contributed by atoms with van der Waals surface area (Å²) in [5.74, 6) is 0. The maximum absolute atomic E-state index is 10.6. The fourth-order valence-electron chi connectivity index (χ4n) is 1.56. The van der Waals surface area contributed by atoms with E-state index in [1.54, 1.807) is 18.3 Å². The van der Waals surface area contributed by atoms with E-state index in [-0.39, 0.29) is 12.3 Å². The van der Waals surface area contributed by atoms with Gasteiger partial charge in [-0.25, -0.2) is 0 Å². The number of oxime groups is 1. The number of hydrogen-bond donors (Lipinski definition) is 0. The summed E-state index contributed by atoms with van der Waals surface area (Å²) in [5.41, 5.74) is 1.64. The number of nitrogens with zero attached hydrogens (tertiary/aromatic N) is 2. The van der Waals surface area contributed by atoms with Crippen molar-refractivity contribution in [3.63, 3.8) is 0 Å². The van der Waals surface area contributed by atoms with Crippen LogP contribution in [-0.2, 0) is 11.4 Å². The van der Waals surface area contributed by atoms with Crippen LogP contribution in [0.2, 0.25) is 0 Å². The minimum Gasteiger partial charge on any atom is -0.391 e. The van der Waals surface area contributed by atoms with Crippen LogP contribution < -0.4 is 0 Å². The summed E-state index contributed by atoms with van der Waals surface area (Å²) >= 11 is 3.36. The Balaban J connectivity index is 1.93. The van der Waals surface area contributed by atoms with Gasteiger partial charge in [-0.1, -0.05) is 45.4 Å². The molecule has 0 aliphatic heterocycles. The highest BCUT2D eigenvalue weighted by Crippen LogP contribution is 2.14. The quantitative estimate of drug-likeness (QED) is 0.473. The van der Waals surface area contributed by atoms with Crippen molar-refractivity contribution in [1.29, 1.82) is 0 Å². The van der Waals surface area contributed by atoms with Gasteiger partial charge in [-0.2, -0.15) is 0 Å². The van der Waals surface area contributed by atoms with Crippen molar-refractivity contribution in [3.8, 4) is 0 Å². The van der Waals surface area contributed by atoms with Crippen molar-refractivity contribution in [1.82, 2.24) is 0 Å². The van der Waals surface area contributed by atoms with Crippen LogP contribution in [-0.4, -0.2) is 11.1 Å². The molecule has 20 heavy (non-hydrogen) atoms. The van der Waals surface area contributed by atoms with Gasteiger partial charge in [0.05, 0.1) is 11.1 Å². The highest BCUT2D eigenvalue weighted by Gasteiger charge is 2.05. The molecule has 5 nitrogen and oxygen atoms in total. The number of nitro groups is 1.